The fraction of sp³-hybridized carbons (Fsp3) is 0.455. The Morgan fingerprint density at radius 2 is 1.64 bits per heavy atom. The van der Waals surface area contributed by atoms with Crippen LogP contribution in [0.5, 0.6) is 0 Å². The minimum Gasteiger partial charge on any atom is -0.394 e. The molecule has 0 aromatic heterocycles. The lowest BCUT2D eigenvalue weighted by molar-refractivity contribution is -0.231. The summed E-state index contributed by atoms with van der Waals surface area (Å²) in [5, 5.41) is 40.1. The molecular weight excluding hydrogens is 380 g/mol. The highest BCUT2D eigenvalue weighted by Crippen LogP contribution is 2.40. The van der Waals surface area contributed by atoms with Crippen LogP contribution in [0.25, 0.3) is 0 Å². The van der Waals surface area contributed by atoms with Gasteiger partial charge in [0.2, 0.25) is 0 Å². The van der Waals surface area contributed by atoms with Crippen LogP contribution in [0.15, 0.2) is 42.5 Å². The van der Waals surface area contributed by atoms with Crippen molar-refractivity contribution in [3.63, 3.8) is 0 Å². The smallest absolute Gasteiger partial charge is 0.113 e. The summed E-state index contributed by atoms with van der Waals surface area (Å²) in [6, 6.07) is 12.0. The van der Waals surface area contributed by atoms with Crippen molar-refractivity contribution in [1.29, 1.82) is 0 Å². The molecule has 0 unspecified atom stereocenters. The van der Waals surface area contributed by atoms with Gasteiger partial charge in [-0.25, -0.2) is 0 Å². The van der Waals surface area contributed by atoms with Crippen molar-refractivity contribution >= 4 is 11.6 Å². The van der Waals surface area contributed by atoms with Crippen molar-refractivity contribution in [2.24, 2.45) is 0 Å². The van der Waals surface area contributed by atoms with Gasteiger partial charge >= 0.3 is 0 Å². The first-order valence-electron chi connectivity index (χ1n) is 10.4. The summed E-state index contributed by atoms with van der Waals surface area (Å²) in [5.74, 6) is 0.572. The maximum Gasteiger partial charge on any atom is 0.113 e. The molecule has 0 spiro atoms. The summed E-state index contributed by atoms with van der Waals surface area (Å²) in [4.78, 5) is 0. The Morgan fingerprint density at radius 1 is 0.964 bits per heavy atom. The van der Waals surface area contributed by atoms with Gasteiger partial charge in [0.05, 0.1) is 6.61 Å². The summed E-state index contributed by atoms with van der Waals surface area (Å²) in [6.07, 6.45) is -6.07. The number of aliphatic hydroxyl groups excluding tert-OH is 4. The number of benzene rings is 2. The van der Waals surface area contributed by atoms with E-state index in [0.29, 0.717) is 17.0 Å². The highest BCUT2D eigenvalue weighted by Gasteiger charge is 2.44. The zero-order chi connectivity index (χ0) is 21.6. The van der Waals surface area contributed by atoms with Crippen LogP contribution in [0.3, 0.4) is 0 Å². The molecule has 0 bridgehead atoms. The molecule has 1 saturated carbocycles. The van der Waals surface area contributed by atoms with E-state index in [-0.39, 0.29) is 10.6 Å². The second-order valence-electron chi connectivity index (χ2n) is 7.51. The molecule has 6 heteroatoms. The molecule has 4 N–H and O–H groups in total. The number of halogens is 1. The third kappa shape index (κ3) is 3.96. The highest BCUT2D eigenvalue weighted by molar-refractivity contribution is 6.31. The van der Waals surface area contributed by atoms with Crippen LogP contribution in [0, 0.1) is 0 Å². The van der Waals surface area contributed by atoms with E-state index < -0.39 is 43.5 Å². The van der Waals surface area contributed by atoms with E-state index in [1.165, 1.54) is 30.5 Å². The first-order valence-corrected chi connectivity index (χ1v) is 9.82. The van der Waals surface area contributed by atoms with Gasteiger partial charge in [-0.05, 0) is 53.5 Å². The summed E-state index contributed by atoms with van der Waals surface area (Å²) >= 11 is 6.33. The summed E-state index contributed by atoms with van der Waals surface area (Å²) in [7, 11) is 0. The van der Waals surface area contributed by atoms with Crippen LogP contribution in [0.1, 0.15) is 49.9 Å². The molecule has 28 heavy (non-hydrogen) atoms. The van der Waals surface area contributed by atoms with Gasteiger partial charge in [0.15, 0.2) is 0 Å². The zero-order valence-electron chi connectivity index (χ0n) is 17.2. The molecule has 5 nitrogen and oxygen atoms in total. The van der Waals surface area contributed by atoms with Crippen LogP contribution >= 0.6 is 11.6 Å². The van der Waals surface area contributed by atoms with Crippen molar-refractivity contribution in [3.05, 3.63) is 69.7 Å². The Labute approximate surface area is 172 Å². The monoisotopic (exact) mass is 406 g/mol. The van der Waals surface area contributed by atoms with Crippen LogP contribution in [-0.4, -0.2) is 51.4 Å². The predicted molar refractivity (Wildman–Crippen MR) is 105 cm³/mol. The third-order valence-electron chi connectivity index (χ3n) is 5.45. The van der Waals surface area contributed by atoms with Crippen LogP contribution in [0.2, 0.25) is 5.02 Å². The van der Waals surface area contributed by atoms with Gasteiger partial charge in [-0.1, -0.05) is 48.0 Å². The van der Waals surface area contributed by atoms with Gasteiger partial charge in [-0.15, -0.1) is 0 Å². The Hall–Kier alpha value is -1.47. The van der Waals surface area contributed by atoms with Crippen LogP contribution < -0.4 is 0 Å². The first kappa shape index (κ1) is 17.4. The molecule has 5 atom stereocenters. The maximum atomic E-state index is 10.4. The summed E-state index contributed by atoms with van der Waals surface area (Å²) < 4.78 is 23.0. The van der Waals surface area contributed by atoms with Crippen molar-refractivity contribution < 1.29 is 27.9 Å². The van der Waals surface area contributed by atoms with Crippen LogP contribution in [0.4, 0.5) is 0 Å². The molecule has 0 radical (unpaired) electrons. The largest absolute Gasteiger partial charge is 0.394 e. The minimum absolute atomic E-state index is 0.206. The quantitative estimate of drug-likeness (QED) is 0.612. The molecule has 2 aliphatic rings. The standard InChI is InChI=1S/C22H25ClO5/c23-17-8-7-15(22-21(27)20(26)19(25)18(11-24)28-22)10-16(17)9-12-1-3-13(4-2-12)14-5-6-14/h1-4,7-8,10,14,18-22,24-27H,5-6,9,11H2/t18-,19-,20+,21-,22+/m1/s1/i9D2. The second-order valence-corrected chi connectivity index (χ2v) is 7.92. The van der Waals surface area contributed by atoms with E-state index in [9.17, 15) is 20.4 Å². The number of ether oxygens (including phenoxy) is 1. The van der Waals surface area contributed by atoms with E-state index in [4.69, 9.17) is 19.1 Å². The molecule has 1 aliphatic heterocycles. The number of hydrogen-bond donors (Lipinski definition) is 4. The first-order chi connectivity index (χ1) is 14.2. The molecule has 2 fully saturated rings. The Balaban J connectivity index is 1.67. The lowest BCUT2D eigenvalue weighted by atomic mass is 9.90. The fourth-order valence-electron chi connectivity index (χ4n) is 3.60. The topological polar surface area (TPSA) is 90.2 Å². The minimum atomic E-state index is -1.90. The Kier molecular flexibility index (Phi) is 5.04. The Morgan fingerprint density at radius 3 is 2.29 bits per heavy atom. The van der Waals surface area contributed by atoms with Gasteiger partial charge in [0.1, 0.15) is 30.5 Å². The molecule has 2 aromatic rings. The zero-order valence-corrected chi connectivity index (χ0v) is 16.0. The Bertz CT molecular complexity index is 901. The molecule has 1 aliphatic carbocycles. The maximum absolute atomic E-state index is 10.4. The lowest BCUT2D eigenvalue weighted by Gasteiger charge is -2.40. The number of hydrogen-bond acceptors (Lipinski definition) is 5. The highest BCUT2D eigenvalue weighted by atomic mass is 35.5. The molecule has 4 rings (SSSR count). The molecule has 1 heterocycles. The second kappa shape index (κ2) is 8.11. The number of rotatable bonds is 5. The summed E-state index contributed by atoms with van der Waals surface area (Å²) in [6.45, 7) is -0.532. The van der Waals surface area contributed by atoms with E-state index in [2.05, 4.69) is 0 Å². The third-order valence-corrected chi connectivity index (χ3v) is 5.78. The van der Waals surface area contributed by atoms with Crippen molar-refractivity contribution in [2.45, 2.75) is 55.7 Å². The fourth-order valence-corrected chi connectivity index (χ4v) is 3.77. The average molecular weight is 407 g/mol. The van der Waals surface area contributed by atoms with Gasteiger partial charge in [0.25, 0.3) is 0 Å². The summed E-state index contributed by atoms with van der Waals surface area (Å²) in [5.41, 5.74) is 2.26. The van der Waals surface area contributed by atoms with E-state index in [1.54, 1.807) is 18.2 Å². The van der Waals surface area contributed by atoms with Crippen molar-refractivity contribution in [3.8, 4) is 0 Å². The number of aliphatic hydroxyl groups is 4. The van der Waals surface area contributed by atoms with E-state index in [1.807, 2.05) is 12.1 Å². The van der Waals surface area contributed by atoms with Gasteiger partial charge in [0, 0.05) is 7.76 Å². The van der Waals surface area contributed by atoms with E-state index in [0.717, 1.165) is 0 Å². The molecular formula is C22H25ClO5. The molecule has 0 amide bonds. The van der Waals surface area contributed by atoms with Gasteiger partial charge in [-0.3, -0.25) is 0 Å². The molecule has 1 saturated heterocycles. The molecule has 2 aromatic carbocycles. The van der Waals surface area contributed by atoms with Crippen molar-refractivity contribution in [2.75, 3.05) is 6.61 Å². The van der Waals surface area contributed by atoms with Gasteiger partial charge in [-0.2, -0.15) is 0 Å². The van der Waals surface area contributed by atoms with Crippen molar-refractivity contribution in [1.82, 2.24) is 0 Å². The molecule has 150 valence electrons. The van der Waals surface area contributed by atoms with Crippen LogP contribution in [-0.2, 0) is 11.1 Å². The normalized spacial score (nSPS) is 32.0. The lowest BCUT2D eigenvalue weighted by Crippen LogP contribution is -2.55. The SMILES string of the molecule is [2H]C([2H])(c1ccc(C2CC2)cc1)c1cc([C@@H]2O[C@H](CO)[C@@H](O)[C@H](O)[C@H]2O)ccc1Cl. The van der Waals surface area contributed by atoms with E-state index >= 15 is 0 Å². The predicted octanol–water partition coefficient (Wildman–Crippen LogP) is 2.32. The average Bonchev–Trinajstić information content (AvgIpc) is 3.58. The van der Waals surface area contributed by atoms with Gasteiger partial charge < -0.3 is 25.2 Å².